The quantitative estimate of drug-likeness (QED) is 0.508. The van der Waals surface area contributed by atoms with Crippen LogP contribution >= 0.6 is 0 Å². The number of ketones is 3. The number of aliphatic hydroxyl groups is 2. The Balaban J connectivity index is 3.45. The van der Waals surface area contributed by atoms with E-state index in [1.807, 2.05) is 27.7 Å². The van der Waals surface area contributed by atoms with Crippen LogP contribution in [0.25, 0.3) is 0 Å². The van der Waals surface area contributed by atoms with E-state index in [0.717, 1.165) is 11.1 Å². The number of Topliss-reactive ketones (excluding diaryl/α,β-unsaturated/α-hetero) is 3. The lowest BCUT2D eigenvalue weighted by Gasteiger charge is -2.27. The van der Waals surface area contributed by atoms with Gasteiger partial charge in [0.1, 0.15) is 11.3 Å². The van der Waals surface area contributed by atoms with Crippen LogP contribution in [0.1, 0.15) is 60.8 Å². The number of hydrogen-bond donors (Lipinski definition) is 2. The number of hydrogen-bond acceptors (Lipinski definition) is 5. The second-order valence-electron chi connectivity index (χ2n) is 7.51. The van der Waals surface area contributed by atoms with Gasteiger partial charge in [0.25, 0.3) is 0 Å². The molecule has 0 saturated heterocycles. The normalized spacial score (nSPS) is 23.7. The smallest absolute Gasteiger partial charge is 0.191 e. The molecule has 0 unspecified atom stereocenters. The maximum Gasteiger partial charge on any atom is 0.191 e. The summed E-state index contributed by atoms with van der Waals surface area (Å²) in [5.74, 6) is -4.30. The van der Waals surface area contributed by atoms with Crippen molar-refractivity contribution < 1.29 is 24.6 Å². The third-order valence-electron chi connectivity index (χ3n) is 4.85. The molecule has 1 aliphatic carbocycles. The molecule has 1 aliphatic rings. The standard InChI is InChI=1S/C21H30O5/c1-7-14(6)18(23)17-19(24)15(10-8-12(2)3)21(26,20(17)25)16(22)11-9-13(4)5/h8-9,14-15,25-26H,7,10-11H2,1-6H3/t14-,15+,21-/m0/s1. The van der Waals surface area contributed by atoms with Gasteiger partial charge in [0.05, 0.1) is 5.92 Å². The summed E-state index contributed by atoms with van der Waals surface area (Å²) >= 11 is 0. The van der Waals surface area contributed by atoms with Gasteiger partial charge < -0.3 is 10.2 Å². The molecule has 2 N–H and O–H groups in total. The molecular weight excluding hydrogens is 332 g/mol. The molecular formula is C21H30O5. The first-order valence-electron chi connectivity index (χ1n) is 9.02. The minimum atomic E-state index is -2.35. The summed E-state index contributed by atoms with van der Waals surface area (Å²) < 4.78 is 0. The van der Waals surface area contributed by atoms with Crippen LogP contribution in [-0.2, 0) is 14.4 Å². The highest BCUT2D eigenvalue weighted by atomic mass is 16.3. The van der Waals surface area contributed by atoms with Crippen molar-refractivity contribution in [2.75, 3.05) is 0 Å². The Morgan fingerprint density at radius 3 is 2.15 bits per heavy atom. The van der Waals surface area contributed by atoms with E-state index in [1.54, 1.807) is 26.0 Å². The van der Waals surface area contributed by atoms with E-state index in [9.17, 15) is 24.6 Å². The van der Waals surface area contributed by atoms with E-state index in [1.165, 1.54) is 0 Å². The summed E-state index contributed by atoms with van der Waals surface area (Å²) in [4.78, 5) is 38.1. The fourth-order valence-corrected chi connectivity index (χ4v) is 2.92. The van der Waals surface area contributed by atoms with Crippen LogP contribution in [0.3, 0.4) is 0 Å². The maximum absolute atomic E-state index is 12.9. The van der Waals surface area contributed by atoms with Crippen LogP contribution < -0.4 is 0 Å². The molecule has 5 nitrogen and oxygen atoms in total. The highest BCUT2D eigenvalue weighted by Gasteiger charge is 2.58. The van der Waals surface area contributed by atoms with Crippen LogP contribution in [0.15, 0.2) is 34.6 Å². The second-order valence-corrected chi connectivity index (χ2v) is 7.51. The molecule has 0 radical (unpaired) electrons. The molecule has 0 fully saturated rings. The van der Waals surface area contributed by atoms with E-state index >= 15 is 0 Å². The Morgan fingerprint density at radius 2 is 1.69 bits per heavy atom. The SMILES string of the molecule is CC[C@H](C)C(=O)C1=C(O)[C@@](O)(C(=O)CC=C(C)C)[C@H](CC=C(C)C)C1=O. The molecule has 5 heteroatoms. The molecule has 0 aromatic rings. The van der Waals surface area contributed by atoms with Crippen molar-refractivity contribution in [2.45, 2.75) is 66.4 Å². The molecule has 26 heavy (non-hydrogen) atoms. The molecule has 0 bridgehead atoms. The average molecular weight is 362 g/mol. The van der Waals surface area contributed by atoms with E-state index < -0.39 is 46.1 Å². The lowest BCUT2D eigenvalue weighted by atomic mass is 9.81. The zero-order valence-corrected chi connectivity index (χ0v) is 16.5. The Bertz CT molecular complexity index is 687. The zero-order chi connectivity index (χ0) is 20.2. The molecule has 0 aromatic carbocycles. The van der Waals surface area contributed by atoms with E-state index in [2.05, 4.69) is 0 Å². The van der Waals surface area contributed by atoms with Gasteiger partial charge in [0.2, 0.25) is 0 Å². The van der Waals surface area contributed by atoms with Gasteiger partial charge in [-0.15, -0.1) is 0 Å². The lowest BCUT2D eigenvalue weighted by molar-refractivity contribution is -0.144. The van der Waals surface area contributed by atoms with Crippen LogP contribution in [-0.4, -0.2) is 33.2 Å². The summed E-state index contributed by atoms with van der Waals surface area (Å²) in [7, 11) is 0. The first-order chi connectivity index (χ1) is 12.0. The third kappa shape index (κ3) is 4.21. The highest BCUT2D eigenvalue weighted by Crippen LogP contribution is 2.42. The van der Waals surface area contributed by atoms with Crippen molar-refractivity contribution in [3.63, 3.8) is 0 Å². The predicted octanol–water partition coefficient (Wildman–Crippen LogP) is 3.63. The van der Waals surface area contributed by atoms with Crippen LogP contribution in [0.4, 0.5) is 0 Å². The van der Waals surface area contributed by atoms with Gasteiger partial charge in [-0.3, -0.25) is 14.4 Å². The molecule has 0 saturated carbocycles. The first kappa shape index (κ1) is 22.0. The lowest BCUT2D eigenvalue weighted by Crippen LogP contribution is -2.46. The number of carbonyl (C=O) groups excluding carboxylic acids is 3. The van der Waals surface area contributed by atoms with Gasteiger partial charge in [-0.2, -0.15) is 0 Å². The van der Waals surface area contributed by atoms with Crippen molar-refractivity contribution in [3.8, 4) is 0 Å². The Kier molecular flexibility index (Phi) is 7.27. The molecule has 0 aromatic heterocycles. The molecule has 144 valence electrons. The predicted molar refractivity (Wildman–Crippen MR) is 101 cm³/mol. The van der Waals surface area contributed by atoms with Crippen LogP contribution in [0.2, 0.25) is 0 Å². The largest absolute Gasteiger partial charge is 0.508 e. The summed E-state index contributed by atoms with van der Waals surface area (Å²) in [6.07, 6.45) is 3.81. The monoisotopic (exact) mass is 362 g/mol. The fourth-order valence-electron chi connectivity index (χ4n) is 2.92. The van der Waals surface area contributed by atoms with Crippen molar-refractivity contribution >= 4 is 17.3 Å². The summed E-state index contributed by atoms with van der Waals surface area (Å²) in [5.41, 5.74) is -0.975. The maximum atomic E-state index is 12.9. The van der Waals surface area contributed by atoms with Crippen molar-refractivity contribution in [2.24, 2.45) is 11.8 Å². The van der Waals surface area contributed by atoms with E-state index in [0.29, 0.717) is 6.42 Å². The number of allylic oxidation sites excluding steroid dienone is 5. The van der Waals surface area contributed by atoms with Gasteiger partial charge in [-0.25, -0.2) is 0 Å². The van der Waals surface area contributed by atoms with Crippen molar-refractivity contribution in [1.82, 2.24) is 0 Å². The summed E-state index contributed by atoms with van der Waals surface area (Å²) in [6, 6.07) is 0. The first-order valence-corrected chi connectivity index (χ1v) is 9.02. The average Bonchev–Trinajstić information content (AvgIpc) is 2.76. The third-order valence-corrected chi connectivity index (χ3v) is 4.85. The molecule has 0 spiro atoms. The van der Waals surface area contributed by atoms with Gasteiger partial charge in [-0.1, -0.05) is 37.1 Å². The molecule has 0 amide bonds. The zero-order valence-electron chi connectivity index (χ0n) is 16.5. The van der Waals surface area contributed by atoms with Crippen LogP contribution in [0, 0.1) is 11.8 Å². The van der Waals surface area contributed by atoms with Crippen molar-refractivity contribution in [1.29, 1.82) is 0 Å². The molecule has 0 heterocycles. The van der Waals surface area contributed by atoms with Gasteiger partial charge in [-0.05, 0) is 40.5 Å². The molecule has 3 atom stereocenters. The fraction of sp³-hybridized carbons (Fsp3) is 0.571. The number of aliphatic hydroxyl groups excluding tert-OH is 1. The molecule has 1 rings (SSSR count). The van der Waals surface area contributed by atoms with Crippen LogP contribution in [0.5, 0.6) is 0 Å². The van der Waals surface area contributed by atoms with Gasteiger partial charge >= 0.3 is 0 Å². The topological polar surface area (TPSA) is 91.7 Å². The Labute approximate surface area is 155 Å². The highest BCUT2D eigenvalue weighted by molar-refractivity contribution is 6.26. The summed E-state index contributed by atoms with van der Waals surface area (Å²) in [6.45, 7) is 10.7. The Morgan fingerprint density at radius 1 is 1.15 bits per heavy atom. The number of carbonyl (C=O) groups is 3. The molecule has 0 aliphatic heterocycles. The number of rotatable bonds is 8. The van der Waals surface area contributed by atoms with Gasteiger partial charge in [0.15, 0.2) is 23.0 Å². The van der Waals surface area contributed by atoms with Gasteiger partial charge in [0, 0.05) is 12.3 Å². The summed E-state index contributed by atoms with van der Waals surface area (Å²) in [5, 5.41) is 21.7. The van der Waals surface area contributed by atoms with Crippen molar-refractivity contribution in [3.05, 3.63) is 34.6 Å². The van der Waals surface area contributed by atoms with E-state index in [-0.39, 0.29) is 12.8 Å². The minimum absolute atomic E-state index is 0.0829. The Hall–Kier alpha value is -2.01. The minimum Gasteiger partial charge on any atom is -0.508 e. The van der Waals surface area contributed by atoms with E-state index in [4.69, 9.17) is 0 Å². The second kappa shape index (κ2) is 8.58.